The van der Waals surface area contributed by atoms with E-state index < -0.39 is 12.1 Å². The Morgan fingerprint density at radius 1 is 1.44 bits per heavy atom. The van der Waals surface area contributed by atoms with Crippen molar-refractivity contribution >= 4 is 18.2 Å². The number of ether oxygens (including phenoxy) is 1. The van der Waals surface area contributed by atoms with E-state index in [1.807, 2.05) is 26.0 Å². The van der Waals surface area contributed by atoms with Crippen molar-refractivity contribution in [3.05, 3.63) is 34.2 Å². The van der Waals surface area contributed by atoms with Crippen LogP contribution in [0.5, 0.6) is 0 Å². The van der Waals surface area contributed by atoms with Crippen LogP contribution >= 0.6 is 12.2 Å². The van der Waals surface area contributed by atoms with Crippen LogP contribution in [0.2, 0.25) is 0 Å². The second kappa shape index (κ2) is 7.07. The molecule has 1 aliphatic heterocycles. The van der Waals surface area contributed by atoms with Crippen molar-refractivity contribution in [2.75, 3.05) is 13.7 Å². The smallest absolute Gasteiger partial charge is 0.364 e. The number of quaternary nitrogens is 1. The first kappa shape index (κ1) is 17.8. The molecule has 1 aliphatic rings. The minimum absolute atomic E-state index is 0.242. The van der Waals surface area contributed by atoms with Crippen LogP contribution in [0.15, 0.2) is 22.6 Å². The quantitative estimate of drug-likeness (QED) is 0.612. The molecule has 8 heteroatoms. The van der Waals surface area contributed by atoms with Gasteiger partial charge in [-0.15, -0.1) is 5.10 Å². The molecule has 2 heterocycles. The highest BCUT2D eigenvalue weighted by Crippen LogP contribution is 2.21. The van der Waals surface area contributed by atoms with E-state index in [4.69, 9.17) is 21.4 Å². The van der Waals surface area contributed by atoms with E-state index in [0.717, 1.165) is 21.6 Å². The van der Waals surface area contributed by atoms with Gasteiger partial charge in [0, 0.05) is 12.0 Å². The van der Waals surface area contributed by atoms with Gasteiger partial charge in [-0.25, -0.2) is 4.79 Å². The Morgan fingerprint density at radius 2 is 2.12 bits per heavy atom. The number of carbonyl (C=O) groups excluding carboxylic acids is 1. The van der Waals surface area contributed by atoms with Gasteiger partial charge in [0.25, 0.3) is 4.84 Å². The maximum atomic E-state index is 11.9. The van der Waals surface area contributed by atoms with E-state index in [2.05, 4.69) is 11.2 Å². The molecule has 1 unspecified atom stereocenters. The third kappa shape index (κ3) is 3.81. The molecule has 1 saturated heterocycles. The third-order valence-corrected chi connectivity index (χ3v) is 4.71. The summed E-state index contributed by atoms with van der Waals surface area (Å²) in [6.07, 6.45) is -0.170. The van der Waals surface area contributed by atoms with Gasteiger partial charge in [0.05, 0.1) is 7.11 Å². The van der Waals surface area contributed by atoms with E-state index in [-0.39, 0.29) is 10.8 Å². The van der Waals surface area contributed by atoms with E-state index >= 15 is 0 Å². The molecule has 2 aromatic rings. The number of hydrogen-bond donors (Lipinski definition) is 2. The number of aliphatic hydroxyl groups is 1. The first-order chi connectivity index (χ1) is 11.9. The molecule has 0 saturated carbocycles. The maximum Gasteiger partial charge on any atom is 0.364 e. The molecule has 0 aliphatic carbocycles. The number of nitrogens with zero attached hydrogens (tertiary/aromatic N) is 2. The second-order valence-electron chi connectivity index (χ2n) is 6.53. The number of nitrogens with one attached hydrogen (secondary N) is 1. The van der Waals surface area contributed by atoms with Crippen LogP contribution in [-0.4, -0.2) is 46.7 Å². The summed E-state index contributed by atoms with van der Waals surface area (Å²) in [4.78, 5) is 13.0. The topological polar surface area (TPSA) is 81.9 Å². The van der Waals surface area contributed by atoms with Crippen molar-refractivity contribution in [2.45, 2.75) is 39.1 Å². The Morgan fingerprint density at radius 3 is 2.76 bits per heavy atom. The Kier molecular flexibility index (Phi) is 5.03. The Hall–Kier alpha value is -2.03. The lowest BCUT2D eigenvalue weighted by Gasteiger charge is -2.18. The molecule has 1 aromatic heterocycles. The summed E-state index contributed by atoms with van der Waals surface area (Å²) in [5.74, 6) is 0.113. The number of methoxy groups -OCH3 is 1. The lowest BCUT2D eigenvalue weighted by Crippen LogP contribution is -3.14. The van der Waals surface area contributed by atoms with Crippen molar-refractivity contribution < 1.29 is 24.0 Å². The number of aliphatic hydroxyl groups excluding tert-OH is 1. The van der Waals surface area contributed by atoms with Crippen LogP contribution in [0.3, 0.4) is 0 Å². The zero-order valence-corrected chi connectivity index (χ0v) is 15.3. The lowest BCUT2D eigenvalue weighted by atomic mass is 10.1. The van der Waals surface area contributed by atoms with Crippen LogP contribution in [0.1, 0.15) is 17.5 Å². The number of aromatic nitrogens is 2. The van der Waals surface area contributed by atoms with Crippen LogP contribution in [0.4, 0.5) is 0 Å². The Labute approximate surface area is 150 Å². The van der Waals surface area contributed by atoms with Crippen LogP contribution in [-0.2, 0) is 16.2 Å². The molecule has 2 N–H and O–H groups in total. The van der Waals surface area contributed by atoms with Crippen molar-refractivity contribution in [1.29, 1.82) is 0 Å². The van der Waals surface area contributed by atoms with Gasteiger partial charge in [0.2, 0.25) is 5.89 Å². The van der Waals surface area contributed by atoms with E-state index in [1.54, 1.807) is 4.68 Å². The van der Waals surface area contributed by atoms with Gasteiger partial charge in [0.1, 0.15) is 12.6 Å². The number of aryl methyl sites for hydroxylation is 2. The Bertz CT molecular complexity index is 824. The first-order valence-electron chi connectivity index (χ1n) is 8.14. The van der Waals surface area contributed by atoms with E-state index in [0.29, 0.717) is 25.5 Å². The van der Waals surface area contributed by atoms with Gasteiger partial charge in [0.15, 0.2) is 12.7 Å². The van der Waals surface area contributed by atoms with E-state index in [1.165, 1.54) is 7.11 Å². The monoisotopic (exact) mass is 364 g/mol. The number of carbonyl (C=O) groups is 1. The molecule has 0 amide bonds. The average Bonchev–Trinajstić information content (AvgIpc) is 3.09. The molecule has 0 bridgehead atoms. The fourth-order valence-electron chi connectivity index (χ4n) is 3.36. The molecule has 3 rings (SSSR count). The van der Waals surface area contributed by atoms with Gasteiger partial charge >= 0.3 is 5.97 Å². The zero-order chi connectivity index (χ0) is 18.1. The molecule has 7 nitrogen and oxygen atoms in total. The molecule has 0 spiro atoms. The van der Waals surface area contributed by atoms with Crippen molar-refractivity contribution in [2.24, 2.45) is 0 Å². The van der Waals surface area contributed by atoms with Gasteiger partial charge < -0.3 is 19.2 Å². The number of hydrogen-bond acceptors (Lipinski definition) is 6. The number of esters is 1. The van der Waals surface area contributed by atoms with Gasteiger partial charge in [-0.05, 0) is 38.2 Å². The summed E-state index contributed by atoms with van der Waals surface area (Å²) in [6, 6.07) is 5.62. The average molecular weight is 364 g/mol. The van der Waals surface area contributed by atoms with Crippen molar-refractivity contribution in [3.63, 3.8) is 0 Å². The predicted molar refractivity (Wildman–Crippen MR) is 92.5 cm³/mol. The zero-order valence-electron chi connectivity index (χ0n) is 14.5. The SMILES string of the molecule is COC(=O)[C@@H]1C[C@H](O)C[NH+]1Cn1nc(-c2cc(C)cc(C)c2)oc1=S. The van der Waals surface area contributed by atoms with Gasteiger partial charge in [-0.3, -0.25) is 0 Å². The number of benzene rings is 1. The van der Waals surface area contributed by atoms with Gasteiger partial charge in [-0.1, -0.05) is 17.2 Å². The van der Waals surface area contributed by atoms with Crippen LogP contribution in [0, 0.1) is 18.7 Å². The highest BCUT2D eigenvalue weighted by atomic mass is 32.1. The summed E-state index contributed by atoms with van der Waals surface area (Å²) in [5, 5.41) is 14.4. The molecule has 1 aromatic carbocycles. The fourth-order valence-corrected chi connectivity index (χ4v) is 3.54. The summed E-state index contributed by atoms with van der Waals surface area (Å²) in [5.41, 5.74) is 3.10. The second-order valence-corrected chi connectivity index (χ2v) is 6.88. The number of likely N-dealkylation sites (tertiary alicyclic amines) is 1. The lowest BCUT2D eigenvalue weighted by molar-refractivity contribution is -0.928. The third-order valence-electron chi connectivity index (χ3n) is 4.41. The fraction of sp³-hybridized carbons (Fsp3) is 0.471. The van der Waals surface area contributed by atoms with Crippen molar-refractivity contribution in [3.8, 4) is 11.5 Å². The summed E-state index contributed by atoms with van der Waals surface area (Å²) >= 11 is 5.28. The summed E-state index contributed by atoms with van der Waals surface area (Å²) < 4.78 is 12.0. The minimum Gasteiger partial charge on any atom is -0.465 e. The largest absolute Gasteiger partial charge is 0.465 e. The molecular formula is C17H22N3O4S+. The van der Waals surface area contributed by atoms with Gasteiger partial charge in [-0.2, -0.15) is 4.68 Å². The normalized spacial score (nSPS) is 23.0. The predicted octanol–water partition coefficient (Wildman–Crippen LogP) is 0.638. The number of rotatable bonds is 4. The Balaban J connectivity index is 1.85. The van der Waals surface area contributed by atoms with E-state index in [9.17, 15) is 9.90 Å². The van der Waals surface area contributed by atoms with Crippen molar-refractivity contribution in [1.82, 2.24) is 9.78 Å². The molecule has 25 heavy (non-hydrogen) atoms. The van der Waals surface area contributed by atoms with Crippen LogP contribution < -0.4 is 4.90 Å². The summed E-state index contributed by atoms with van der Waals surface area (Å²) in [7, 11) is 1.35. The first-order valence-corrected chi connectivity index (χ1v) is 8.55. The molecule has 3 atom stereocenters. The molecule has 134 valence electrons. The molecule has 1 fully saturated rings. The van der Waals surface area contributed by atoms with Crippen LogP contribution in [0.25, 0.3) is 11.5 Å². The highest BCUT2D eigenvalue weighted by molar-refractivity contribution is 7.71. The molecule has 0 radical (unpaired) electrons. The standard InChI is InChI=1S/C17H21N3O4S/c1-10-4-11(2)6-12(5-10)15-18-20(17(25)24-15)9-19-8-13(21)7-14(19)16(22)23-3/h4-6,13-14,21H,7-9H2,1-3H3/p+1/t13-,14-/m0/s1. The molecular weight excluding hydrogens is 342 g/mol. The minimum atomic E-state index is -0.543. The summed E-state index contributed by atoms with van der Waals surface area (Å²) in [6.45, 7) is 4.80. The maximum absolute atomic E-state index is 11.9. The highest BCUT2D eigenvalue weighted by Gasteiger charge is 2.41.